The number of benzene rings is 1. The van der Waals surface area contributed by atoms with Gasteiger partial charge in [0.2, 0.25) is 12.2 Å². The summed E-state index contributed by atoms with van der Waals surface area (Å²) in [6, 6.07) is 7.97. The fraction of sp³-hybridized carbons (Fsp3) is 0.238. The van der Waals surface area contributed by atoms with Crippen LogP contribution in [0.25, 0.3) is 11.3 Å². The van der Waals surface area contributed by atoms with Gasteiger partial charge in [0, 0.05) is 36.5 Å². The number of pyridine rings is 1. The third-order valence-electron chi connectivity index (χ3n) is 4.82. The Morgan fingerprint density at radius 1 is 1.22 bits per heavy atom. The highest BCUT2D eigenvalue weighted by molar-refractivity contribution is 5.94. The van der Waals surface area contributed by atoms with Gasteiger partial charge in [-0.3, -0.25) is 4.79 Å². The van der Waals surface area contributed by atoms with Crippen LogP contribution in [0.5, 0.6) is 5.75 Å². The van der Waals surface area contributed by atoms with Crippen molar-refractivity contribution in [3.05, 3.63) is 59.4 Å². The van der Waals surface area contributed by atoms with E-state index in [1.165, 1.54) is 12.1 Å². The third kappa shape index (κ3) is 4.56. The summed E-state index contributed by atoms with van der Waals surface area (Å²) in [6.45, 7) is 0.793. The monoisotopic (exact) mass is 444 g/mol. The minimum Gasteiger partial charge on any atom is -0.492 e. The summed E-state index contributed by atoms with van der Waals surface area (Å²) in [5.74, 6) is 0.503. The van der Waals surface area contributed by atoms with Gasteiger partial charge in [0.25, 0.3) is 12.3 Å². The molecule has 1 unspecified atom stereocenters. The molecule has 4 N–H and O–H groups in total. The van der Waals surface area contributed by atoms with Crippen molar-refractivity contribution in [1.82, 2.24) is 20.3 Å². The molecule has 0 bridgehead atoms. The van der Waals surface area contributed by atoms with E-state index >= 15 is 0 Å². The lowest BCUT2D eigenvalue weighted by molar-refractivity contribution is 0.0287. The second-order valence-electron chi connectivity index (χ2n) is 6.99. The topological polar surface area (TPSA) is 115 Å². The van der Waals surface area contributed by atoms with E-state index in [1.807, 2.05) is 0 Å². The molecular weight excluding hydrogens is 425 g/mol. The summed E-state index contributed by atoms with van der Waals surface area (Å²) in [5.41, 5.74) is 8.62. The molecule has 0 spiro atoms. The fourth-order valence-corrected chi connectivity index (χ4v) is 3.33. The number of amides is 1. The summed E-state index contributed by atoms with van der Waals surface area (Å²) in [4.78, 5) is 24.6. The highest BCUT2D eigenvalue weighted by Gasteiger charge is 2.24. The Morgan fingerprint density at radius 2 is 2.06 bits per heavy atom. The molecule has 0 aliphatic carbocycles. The van der Waals surface area contributed by atoms with Gasteiger partial charge in [-0.15, -0.1) is 0 Å². The zero-order valence-corrected chi connectivity index (χ0v) is 16.7. The maximum Gasteiger partial charge on any atom is 0.287 e. The molecule has 3 aromatic rings. The SMILES string of the molecule is Nc1nccc(-c2cnc(NCc3cccc(C(=O)NC(F)C(F)F)c3)c3c2OCC3)n1. The van der Waals surface area contributed by atoms with E-state index < -0.39 is 18.6 Å². The molecule has 0 fully saturated rings. The maximum atomic E-state index is 13.1. The van der Waals surface area contributed by atoms with Crippen molar-refractivity contribution in [2.45, 2.75) is 25.7 Å². The average Bonchev–Trinajstić information content (AvgIpc) is 3.27. The van der Waals surface area contributed by atoms with Gasteiger partial charge in [-0.2, -0.15) is 0 Å². The van der Waals surface area contributed by atoms with Crippen LogP contribution in [0.1, 0.15) is 21.5 Å². The summed E-state index contributed by atoms with van der Waals surface area (Å²) in [6.07, 6.45) is -2.18. The van der Waals surface area contributed by atoms with Gasteiger partial charge < -0.3 is 21.1 Å². The molecule has 8 nitrogen and oxygen atoms in total. The smallest absolute Gasteiger partial charge is 0.287 e. The molecule has 0 saturated heterocycles. The van der Waals surface area contributed by atoms with Crippen LogP contribution < -0.4 is 21.1 Å². The Labute approximate surface area is 181 Å². The first-order chi connectivity index (χ1) is 15.4. The van der Waals surface area contributed by atoms with Gasteiger partial charge in [0.15, 0.2) is 0 Å². The number of aromatic nitrogens is 3. The van der Waals surface area contributed by atoms with Crippen molar-refractivity contribution in [2.24, 2.45) is 0 Å². The summed E-state index contributed by atoms with van der Waals surface area (Å²) in [7, 11) is 0. The molecule has 32 heavy (non-hydrogen) atoms. The number of nitrogen functional groups attached to an aromatic ring is 1. The molecular formula is C21H19F3N6O2. The number of alkyl halides is 3. The van der Waals surface area contributed by atoms with Gasteiger partial charge in [-0.25, -0.2) is 28.1 Å². The molecule has 166 valence electrons. The quantitative estimate of drug-likeness (QED) is 0.480. The van der Waals surface area contributed by atoms with Crippen LogP contribution in [0.15, 0.2) is 42.7 Å². The average molecular weight is 444 g/mol. The van der Waals surface area contributed by atoms with Crippen LogP contribution in [0, 0.1) is 0 Å². The number of nitrogens with two attached hydrogens (primary N) is 1. The van der Waals surface area contributed by atoms with Crippen LogP contribution in [0.2, 0.25) is 0 Å². The van der Waals surface area contributed by atoms with E-state index in [4.69, 9.17) is 10.5 Å². The van der Waals surface area contributed by atoms with Crippen molar-refractivity contribution >= 4 is 17.7 Å². The minimum absolute atomic E-state index is 0.0748. The van der Waals surface area contributed by atoms with Gasteiger partial charge in [-0.1, -0.05) is 12.1 Å². The van der Waals surface area contributed by atoms with E-state index in [2.05, 4.69) is 20.3 Å². The number of hydrogen-bond donors (Lipinski definition) is 3. The van der Waals surface area contributed by atoms with Crippen LogP contribution in [0.4, 0.5) is 24.9 Å². The molecule has 2 aromatic heterocycles. The Morgan fingerprint density at radius 3 is 2.84 bits per heavy atom. The highest BCUT2D eigenvalue weighted by Crippen LogP contribution is 2.39. The van der Waals surface area contributed by atoms with Gasteiger partial charge in [-0.05, 0) is 23.8 Å². The Kier molecular flexibility index (Phi) is 6.06. The summed E-state index contributed by atoms with van der Waals surface area (Å²) in [5, 5.41) is 4.83. The van der Waals surface area contributed by atoms with Crippen molar-refractivity contribution in [3.63, 3.8) is 0 Å². The van der Waals surface area contributed by atoms with E-state index in [-0.39, 0.29) is 11.5 Å². The molecule has 4 rings (SSSR count). The van der Waals surface area contributed by atoms with E-state index in [1.54, 1.807) is 35.9 Å². The standard InChI is InChI=1S/C21H19F3N6O2/c22-17(23)18(24)30-20(31)12-3-1-2-11(8-12)9-27-19-13-5-7-32-16(13)14(10-28-19)15-4-6-26-21(25)29-15/h1-4,6,8,10,17-18H,5,7,9H2,(H,27,28)(H,30,31)(H2,25,26,29). The van der Waals surface area contributed by atoms with Gasteiger partial charge >= 0.3 is 0 Å². The van der Waals surface area contributed by atoms with Gasteiger partial charge in [0.05, 0.1) is 17.9 Å². The van der Waals surface area contributed by atoms with Crippen LogP contribution in [-0.2, 0) is 13.0 Å². The number of nitrogens with zero attached hydrogens (tertiary/aromatic N) is 3. The number of fused-ring (bicyclic) bond motifs is 1. The zero-order chi connectivity index (χ0) is 22.7. The number of carbonyl (C=O) groups excluding carboxylic acids is 1. The predicted octanol–water partition coefficient (Wildman–Crippen LogP) is 2.96. The van der Waals surface area contributed by atoms with Crippen molar-refractivity contribution < 1.29 is 22.7 Å². The number of halogens is 3. The number of hydrogen-bond acceptors (Lipinski definition) is 7. The fourth-order valence-electron chi connectivity index (χ4n) is 3.33. The highest BCUT2D eigenvalue weighted by atomic mass is 19.3. The molecule has 1 aliphatic heterocycles. The van der Waals surface area contributed by atoms with Crippen LogP contribution in [-0.4, -0.2) is 40.2 Å². The van der Waals surface area contributed by atoms with E-state index in [0.717, 1.165) is 5.56 Å². The third-order valence-corrected chi connectivity index (χ3v) is 4.82. The molecule has 1 amide bonds. The lowest BCUT2D eigenvalue weighted by atomic mass is 10.1. The molecule has 0 saturated carbocycles. The predicted molar refractivity (Wildman–Crippen MR) is 111 cm³/mol. The molecule has 0 radical (unpaired) electrons. The number of rotatable bonds is 7. The first-order valence-corrected chi connectivity index (χ1v) is 9.72. The number of ether oxygens (including phenoxy) is 1. The molecule has 1 aromatic carbocycles. The summed E-state index contributed by atoms with van der Waals surface area (Å²) < 4.78 is 43.6. The zero-order valence-electron chi connectivity index (χ0n) is 16.7. The normalized spacial score (nSPS) is 13.4. The second-order valence-corrected chi connectivity index (χ2v) is 6.99. The van der Waals surface area contributed by atoms with Crippen molar-refractivity contribution in [3.8, 4) is 17.0 Å². The number of nitrogens with one attached hydrogen (secondary N) is 2. The van der Waals surface area contributed by atoms with Crippen molar-refractivity contribution in [1.29, 1.82) is 0 Å². The molecule has 1 atom stereocenters. The number of anilines is 2. The molecule has 11 heteroatoms. The Bertz CT molecular complexity index is 1140. The van der Waals surface area contributed by atoms with E-state index in [0.29, 0.717) is 48.0 Å². The maximum absolute atomic E-state index is 13.1. The second kappa shape index (κ2) is 9.08. The minimum atomic E-state index is -3.29. The lowest BCUT2D eigenvalue weighted by Crippen LogP contribution is -2.36. The molecule has 3 heterocycles. The van der Waals surface area contributed by atoms with Crippen LogP contribution in [0.3, 0.4) is 0 Å². The van der Waals surface area contributed by atoms with Crippen LogP contribution >= 0.6 is 0 Å². The Balaban J connectivity index is 1.50. The van der Waals surface area contributed by atoms with Crippen molar-refractivity contribution in [2.75, 3.05) is 17.7 Å². The Hall–Kier alpha value is -3.89. The first-order valence-electron chi connectivity index (χ1n) is 9.72. The first kappa shape index (κ1) is 21.3. The summed E-state index contributed by atoms with van der Waals surface area (Å²) >= 11 is 0. The van der Waals surface area contributed by atoms with E-state index in [9.17, 15) is 18.0 Å². The van der Waals surface area contributed by atoms with Gasteiger partial charge in [0.1, 0.15) is 11.6 Å². The lowest BCUT2D eigenvalue weighted by Gasteiger charge is -2.13. The number of carbonyl (C=O) groups is 1. The molecule has 1 aliphatic rings. The largest absolute Gasteiger partial charge is 0.492 e.